The van der Waals surface area contributed by atoms with Gasteiger partial charge in [-0.25, -0.2) is 13.4 Å². The largest absolute Gasteiger partial charge is 0.475 e. The summed E-state index contributed by atoms with van der Waals surface area (Å²) in [5.74, 6) is 1.02. The van der Waals surface area contributed by atoms with Crippen LogP contribution in [0.1, 0.15) is 53.6 Å². The standard InChI is InChI=1S/C26H32N4O6S/c1-17-23(26(2,3)4)36-28-24(17)29-37(32,33)21-8-6-18-10-11-30(16-20(18)14-21)25(31)19-7-9-22(27-15-19)35-13-12-34-5/h6-9,14-15H,10-13,16H2,1-5H3,(H,28,29). The van der Waals surface area contributed by atoms with E-state index in [0.29, 0.717) is 55.5 Å². The molecule has 2 aromatic heterocycles. The molecular formula is C26H32N4O6S. The number of carbonyl (C=O) groups is 1. The molecule has 3 aromatic rings. The van der Waals surface area contributed by atoms with Crippen molar-refractivity contribution in [2.45, 2.75) is 51.0 Å². The number of anilines is 1. The number of nitrogens with zero attached hydrogens (tertiary/aromatic N) is 3. The predicted molar refractivity (Wildman–Crippen MR) is 137 cm³/mol. The molecule has 3 heterocycles. The van der Waals surface area contributed by atoms with Gasteiger partial charge in [0, 0.05) is 43.4 Å². The minimum Gasteiger partial charge on any atom is -0.475 e. The van der Waals surface area contributed by atoms with Gasteiger partial charge in [-0.1, -0.05) is 32.0 Å². The minimum absolute atomic E-state index is 0.0967. The van der Waals surface area contributed by atoms with E-state index >= 15 is 0 Å². The molecule has 0 saturated carbocycles. The topological polar surface area (TPSA) is 124 Å². The van der Waals surface area contributed by atoms with E-state index < -0.39 is 10.0 Å². The summed E-state index contributed by atoms with van der Waals surface area (Å²) < 4.78 is 44.7. The van der Waals surface area contributed by atoms with Crippen molar-refractivity contribution in [3.05, 3.63) is 64.5 Å². The van der Waals surface area contributed by atoms with Gasteiger partial charge in [-0.15, -0.1) is 0 Å². The van der Waals surface area contributed by atoms with Gasteiger partial charge >= 0.3 is 0 Å². The summed E-state index contributed by atoms with van der Waals surface area (Å²) >= 11 is 0. The number of ether oxygens (including phenoxy) is 2. The number of aromatic nitrogens is 2. The Morgan fingerprint density at radius 3 is 2.59 bits per heavy atom. The molecule has 37 heavy (non-hydrogen) atoms. The minimum atomic E-state index is -3.91. The van der Waals surface area contributed by atoms with E-state index in [1.165, 1.54) is 6.20 Å². The molecule has 198 valence electrons. The summed E-state index contributed by atoms with van der Waals surface area (Å²) in [7, 11) is -2.33. The molecule has 0 radical (unpaired) electrons. The SMILES string of the molecule is COCCOc1ccc(C(=O)N2CCc3ccc(S(=O)(=O)Nc4noc(C(C)(C)C)c4C)cc3C2)cn1. The zero-order valence-corrected chi connectivity index (χ0v) is 22.5. The highest BCUT2D eigenvalue weighted by atomic mass is 32.2. The molecule has 1 aliphatic heterocycles. The van der Waals surface area contributed by atoms with Crippen LogP contribution in [-0.4, -0.2) is 56.2 Å². The molecule has 0 unspecified atom stereocenters. The molecule has 0 bridgehead atoms. The van der Waals surface area contributed by atoms with Gasteiger partial charge in [-0.2, -0.15) is 0 Å². The first-order valence-electron chi connectivity index (χ1n) is 12.0. The van der Waals surface area contributed by atoms with Crippen molar-refractivity contribution >= 4 is 21.7 Å². The maximum atomic E-state index is 13.2. The summed E-state index contributed by atoms with van der Waals surface area (Å²) in [6.07, 6.45) is 2.11. The third-order valence-corrected chi connectivity index (χ3v) is 7.48. The normalized spacial score (nSPS) is 13.8. The highest BCUT2D eigenvalue weighted by molar-refractivity contribution is 7.92. The summed E-state index contributed by atoms with van der Waals surface area (Å²) in [5.41, 5.74) is 2.56. The summed E-state index contributed by atoms with van der Waals surface area (Å²) in [4.78, 5) is 19.1. The van der Waals surface area contributed by atoms with Crippen LogP contribution in [0.15, 0.2) is 45.9 Å². The molecule has 1 N–H and O–H groups in total. The number of benzene rings is 1. The Morgan fingerprint density at radius 1 is 1.16 bits per heavy atom. The van der Waals surface area contributed by atoms with E-state index in [-0.39, 0.29) is 22.0 Å². The van der Waals surface area contributed by atoms with Gasteiger partial charge in [-0.05, 0) is 42.7 Å². The van der Waals surface area contributed by atoms with Crippen LogP contribution < -0.4 is 9.46 Å². The zero-order chi connectivity index (χ0) is 26.8. The van der Waals surface area contributed by atoms with E-state index in [0.717, 1.165) is 11.1 Å². The maximum absolute atomic E-state index is 13.2. The third-order valence-electron chi connectivity index (χ3n) is 6.14. The van der Waals surface area contributed by atoms with Crippen LogP contribution in [0, 0.1) is 6.92 Å². The Bertz CT molecular complexity index is 1380. The molecule has 1 aromatic carbocycles. The number of methoxy groups -OCH3 is 1. The number of fused-ring (bicyclic) bond motifs is 1. The summed E-state index contributed by atoms with van der Waals surface area (Å²) in [5, 5.41) is 3.94. The monoisotopic (exact) mass is 528 g/mol. The Labute approximate surface area is 217 Å². The van der Waals surface area contributed by atoms with Crippen molar-refractivity contribution in [1.29, 1.82) is 0 Å². The molecule has 0 aliphatic carbocycles. The number of hydrogen-bond acceptors (Lipinski definition) is 8. The van der Waals surface area contributed by atoms with Crippen molar-refractivity contribution in [2.24, 2.45) is 0 Å². The fourth-order valence-electron chi connectivity index (χ4n) is 4.19. The molecule has 4 rings (SSSR count). The van der Waals surface area contributed by atoms with E-state index in [1.807, 2.05) is 20.8 Å². The fraction of sp³-hybridized carbons (Fsp3) is 0.423. The summed E-state index contributed by atoms with van der Waals surface area (Å²) in [6.45, 7) is 9.31. The molecule has 11 heteroatoms. The first-order chi connectivity index (χ1) is 17.5. The van der Waals surface area contributed by atoms with Crippen molar-refractivity contribution in [2.75, 3.05) is 31.6 Å². The average molecular weight is 529 g/mol. The predicted octanol–water partition coefficient (Wildman–Crippen LogP) is 3.70. The number of hydrogen-bond donors (Lipinski definition) is 1. The third kappa shape index (κ3) is 5.94. The second kappa shape index (κ2) is 10.5. The smallest absolute Gasteiger partial charge is 0.263 e. The first-order valence-corrected chi connectivity index (χ1v) is 13.5. The first kappa shape index (κ1) is 26.6. The number of nitrogens with one attached hydrogen (secondary N) is 1. The Morgan fingerprint density at radius 2 is 1.95 bits per heavy atom. The Balaban J connectivity index is 1.48. The van der Waals surface area contributed by atoms with Gasteiger partial charge in [0.2, 0.25) is 5.88 Å². The average Bonchev–Trinajstić information content (AvgIpc) is 3.23. The second-order valence-corrected chi connectivity index (χ2v) is 11.7. The van der Waals surface area contributed by atoms with Gasteiger partial charge in [0.05, 0.1) is 17.1 Å². The van der Waals surface area contributed by atoms with Gasteiger partial charge < -0.3 is 18.9 Å². The molecule has 0 saturated heterocycles. The maximum Gasteiger partial charge on any atom is 0.263 e. The number of pyridine rings is 1. The molecule has 1 amide bonds. The quantitative estimate of drug-likeness (QED) is 0.439. The number of amides is 1. The molecule has 1 aliphatic rings. The van der Waals surface area contributed by atoms with E-state index in [4.69, 9.17) is 14.0 Å². The molecule has 0 atom stereocenters. The fourth-order valence-corrected chi connectivity index (χ4v) is 5.30. The van der Waals surface area contributed by atoms with Crippen LogP contribution in [0.2, 0.25) is 0 Å². The molecular weight excluding hydrogens is 496 g/mol. The van der Waals surface area contributed by atoms with Crippen LogP contribution in [0.5, 0.6) is 5.88 Å². The van der Waals surface area contributed by atoms with Crippen molar-refractivity contribution in [3.8, 4) is 5.88 Å². The van der Waals surface area contributed by atoms with Gasteiger partial charge in [-0.3, -0.25) is 9.52 Å². The van der Waals surface area contributed by atoms with Crippen LogP contribution in [-0.2, 0) is 33.1 Å². The highest BCUT2D eigenvalue weighted by Gasteiger charge is 2.28. The Hall–Kier alpha value is -3.44. The molecule has 0 fully saturated rings. The zero-order valence-electron chi connectivity index (χ0n) is 21.7. The Kier molecular flexibility index (Phi) is 7.56. The van der Waals surface area contributed by atoms with Gasteiger partial charge in [0.1, 0.15) is 12.4 Å². The van der Waals surface area contributed by atoms with Gasteiger partial charge in [0.15, 0.2) is 5.82 Å². The van der Waals surface area contributed by atoms with Gasteiger partial charge in [0.25, 0.3) is 15.9 Å². The molecule has 0 spiro atoms. The van der Waals surface area contributed by atoms with E-state index in [1.54, 1.807) is 49.3 Å². The lowest BCUT2D eigenvalue weighted by Gasteiger charge is -2.29. The molecule has 10 nitrogen and oxygen atoms in total. The van der Waals surface area contributed by atoms with Crippen molar-refractivity contribution in [1.82, 2.24) is 15.0 Å². The second-order valence-electron chi connectivity index (χ2n) is 9.97. The summed E-state index contributed by atoms with van der Waals surface area (Å²) in [6, 6.07) is 8.31. The van der Waals surface area contributed by atoms with Crippen LogP contribution in [0.3, 0.4) is 0 Å². The van der Waals surface area contributed by atoms with Crippen LogP contribution >= 0.6 is 0 Å². The number of rotatable bonds is 8. The number of sulfonamides is 1. The van der Waals surface area contributed by atoms with Crippen molar-refractivity contribution < 1.29 is 27.2 Å². The van der Waals surface area contributed by atoms with E-state index in [9.17, 15) is 13.2 Å². The lowest BCUT2D eigenvalue weighted by atomic mass is 9.91. The lowest BCUT2D eigenvalue weighted by molar-refractivity contribution is 0.0734. The number of carbonyl (C=O) groups excluding carboxylic acids is 1. The van der Waals surface area contributed by atoms with Crippen LogP contribution in [0.25, 0.3) is 0 Å². The van der Waals surface area contributed by atoms with Crippen molar-refractivity contribution in [3.63, 3.8) is 0 Å². The lowest BCUT2D eigenvalue weighted by Crippen LogP contribution is -2.36. The van der Waals surface area contributed by atoms with E-state index in [2.05, 4.69) is 14.9 Å². The highest BCUT2D eigenvalue weighted by Crippen LogP contribution is 2.31. The van der Waals surface area contributed by atoms with Crippen LogP contribution in [0.4, 0.5) is 5.82 Å².